The van der Waals surface area contributed by atoms with Gasteiger partial charge in [-0.25, -0.2) is 13.4 Å². The lowest BCUT2D eigenvalue weighted by Crippen LogP contribution is -2.29. The molecule has 1 aromatic heterocycles. The Hall–Kier alpha value is -3.43. The molecule has 2 heterocycles. The minimum Gasteiger partial charge on any atom is -0.494 e. The maximum Gasteiger partial charge on any atom is 0.264 e. The lowest BCUT2D eigenvalue weighted by atomic mass is 10.2. The summed E-state index contributed by atoms with van der Waals surface area (Å²) in [4.78, 5) is 17.4. The molecule has 168 valence electrons. The van der Waals surface area contributed by atoms with Crippen LogP contribution in [0.25, 0.3) is 10.2 Å². The molecule has 0 spiro atoms. The van der Waals surface area contributed by atoms with E-state index >= 15 is 0 Å². The molecular weight excluding hydrogens is 458 g/mol. The molecule has 7 nitrogen and oxygen atoms in total. The van der Waals surface area contributed by atoms with Crippen LogP contribution < -0.4 is 14.4 Å². The molecule has 3 aromatic carbocycles. The van der Waals surface area contributed by atoms with Gasteiger partial charge in [0.2, 0.25) is 0 Å². The van der Waals surface area contributed by atoms with Gasteiger partial charge in [-0.15, -0.1) is 0 Å². The first kappa shape index (κ1) is 21.4. The number of amides is 1. The summed E-state index contributed by atoms with van der Waals surface area (Å²) in [6, 6.07) is 19.1. The summed E-state index contributed by atoms with van der Waals surface area (Å²) in [7, 11) is -3.79. The van der Waals surface area contributed by atoms with Crippen LogP contribution in [0.2, 0.25) is 0 Å². The third-order valence-corrected chi connectivity index (χ3v) is 8.16. The van der Waals surface area contributed by atoms with Crippen molar-refractivity contribution in [3.05, 3.63) is 77.9 Å². The molecule has 1 aliphatic heterocycles. The molecule has 0 unspecified atom stereocenters. The number of fused-ring (bicyclic) bond motifs is 2. The van der Waals surface area contributed by atoms with Crippen LogP contribution in [0.4, 0.5) is 10.8 Å². The Balaban J connectivity index is 1.39. The van der Waals surface area contributed by atoms with Crippen molar-refractivity contribution in [2.75, 3.05) is 22.8 Å². The number of nitrogens with zero attached hydrogens (tertiary/aromatic N) is 2. The molecule has 0 saturated carbocycles. The highest BCUT2D eigenvalue weighted by atomic mass is 32.2. The normalized spacial score (nSPS) is 13.2. The largest absolute Gasteiger partial charge is 0.494 e. The van der Waals surface area contributed by atoms with Gasteiger partial charge in [-0.05, 0) is 61.4 Å². The van der Waals surface area contributed by atoms with Gasteiger partial charge in [0.1, 0.15) is 5.75 Å². The number of hydrogen-bond acceptors (Lipinski definition) is 6. The number of nitrogens with one attached hydrogen (secondary N) is 1. The molecule has 0 atom stereocenters. The number of benzene rings is 3. The molecule has 0 bridgehead atoms. The van der Waals surface area contributed by atoms with Crippen molar-refractivity contribution < 1.29 is 17.9 Å². The molecule has 0 radical (unpaired) electrons. The standard InChI is InChI=1S/C24H21N3O4S2/c1-2-31-18-10-11-20-22(15-18)32-24(25-20)26-23(28)17-7-5-8-19(14-17)33(29,30)27-13-12-16-6-3-4-9-21(16)27/h3-11,14-15H,2,12-13H2,1H3,(H,25,26,28). The topological polar surface area (TPSA) is 88.6 Å². The fourth-order valence-electron chi connectivity index (χ4n) is 3.87. The van der Waals surface area contributed by atoms with E-state index in [0.29, 0.717) is 30.4 Å². The van der Waals surface area contributed by atoms with Crippen molar-refractivity contribution in [3.8, 4) is 5.75 Å². The Morgan fingerprint density at radius 1 is 1.12 bits per heavy atom. The fourth-order valence-corrected chi connectivity index (χ4v) is 6.31. The van der Waals surface area contributed by atoms with E-state index in [0.717, 1.165) is 21.5 Å². The highest BCUT2D eigenvalue weighted by Gasteiger charge is 2.31. The van der Waals surface area contributed by atoms with Crippen molar-refractivity contribution >= 4 is 48.3 Å². The summed E-state index contributed by atoms with van der Waals surface area (Å²) in [6.45, 7) is 2.86. The molecule has 1 N–H and O–H groups in total. The molecule has 5 rings (SSSR count). The predicted molar refractivity (Wildman–Crippen MR) is 130 cm³/mol. The number of ether oxygens (including phenoxy) is 1. The van der Waals surface area contributed by atoms with Crippen molar-refractivity contribution in [3.63, 3.8) is 0 Å². The average Bonchev–Trinajstić information content (AvgIpc) is 3.43. The number of anilines is 2. The zero-order valence-corrected chi connectivity index (χ0v) is 19.4. The number of carbonyl (C=O) groups excluding carboxylic acids is 1. The molecule has 0 aliphatic carbocycles. The van der Waals surface area contributed by atoms with Gasteiger partial charge in [-0.2, -0.15) is 0 Å². The van der Waals surface area contributed by atoms with Crippen molar-refractivity contribution in [1.29, 1.82) is 0 Å². The molecule has 1 aliphatic rings. The molecule has 4 aromatic rings. The second kappa shape index (κ2) is 8.49. The summed E-state index contributed by atoms with van der Waals surface area (Å²) in [5.74, 6) is 0.325. The van der Waals surface area contributed by atoms with Gasteiger partial charge in [-0.1, -0.05) is 35.6 Å². The van der Waals surface area contributed by atoms with Crippen LogP contribution in [0.5, 0.6) is 5.75 Å². The Labute approximate surface area is 195 Å². The molecule has 1 amide bonds. The predicted octanol–water partition coefficient (Wildman–Crippen LogP) is 4.70. The minimum atomic E-state index is -3.79. The Kier molecular flexibility index (Phi) is 5.51. The third-order valence-electron chi connectivity index (χ3n) is 5.42. The van der Waals surface area contributed by atoms with Gasteiger partial charge in [-0.3, -0.25) is 14.4 Å². The van der Waals surface area contributed by atoms with Crippen molar-refractivity contribution in [2.45, 2.75) is 18.2 Å². The summed E-state index contributed by atoms with van der Waals surface area (Å²) in [5.41, 5.74) is 2.69. The Bertz CT molecular complexity index is 1460. The summed E-state index contributed by atoms with van der Waals surface area (Å²) in [5, 5.41) is 3.22. The van der Waals surface area contributed by atoms with Gasteiger partial charge in [0.25, 0.3) is 15.9 Å². The second-order valence-electron chi connectivity index (χ2n) is 7.52. The van der Waals surface area contributed by atoms with Crippen LogP contribution in [-0.2, 0) is 16.4 Å². The smallest absolute Gasteiger partial charge is 0.264 e. The summed E-state index contributed by atoms with van der Waals surface area (Å²) in [6.07, 6.45) is 0.665. The van der Waals surface area contributed by atoms with Crippen LogP contribution in [0.15, 0.2) is 71.6 Å². The van der Waals surface area contributed by atoms with Gasteiger partial charge in [0.15, 0.2) is 5.13 Å². The maximum absolute atomic E-state index is 13.3. The first-order valence-corrected chi connectivity index (χ1v) is 12.8. The van der Waals surface area contributed by atoms with E-state index in [1.54, 1.807) is 18.2 Å². The minimum absolute atomic E-state index is 0.0810. The Morgan fingerprint density at radius 3 is 2.82 bits per heavy atom. The van der Waals surface area contributed by atoms with Gasteiger partial charge < -0.3 is 4.74 Å². The van der Waals surface area contributed by atoms with Gasteiger partial charge >= 0.3 is 0 Å². The summed E-state index contributed by atoms with van der Waals surface area (Å²) >= 11 is 1.33. The first-order chi connectivity index (χ1) is 16.0. The van der Waals surface area contributed by atoms with E-state index < -0.39 is 15.9 Å². The summed E-state index contributed by atoms with van der Waals surface area (Å²) < 4.78 is 34.4. The number of aromatic nitrogens is 1. The highest BCUT2D eigenvalue weighted by molar-refractivity contribution is 7.92. The number of para-hydroxylation sites is 1. The van der Waals surface area contributed by atoms with Gasteiger partial charge in [0, 0.05) is 12.1 Å². The lowest BCUT2D eigenvalue weighted by molar-refractivity contribution is 0.102. The van der Waals surface area contributed by atoms with Crippen molar-refractivity contribution in [2.24, 2.45) is 0 Å². The first-order valence-electron chi connectivity index (χ1n) is 10.5. The molecule has 0 fully saturated rings. The van der Waals surface area contributed by atoms with E-state index in [4.69, 9.17) is 4.74 Å². The molecule has 33 heavy (non-hydrogen) atoms. The average molecular weight is 480 g/mol. The van der Waals surface area contributed by atoms with Gasteiger partial charge in [0.05, 0.1) is 27.4 Å². The maximum atomic E-state index is 13.3. The van der Waals surface area contributed by atoms with E-state index in [2.05, 4.69) is 10.3 Å². The quantitative estimate of drug-likeness (QED) is 0.433. The number of carbonyl (C=O) groups is 1. The van der Waals surface area contributed by atoms with Crippen LogP contribution >= 0.6 is 11.3 Å². The van der Waals surface area contributed by atoms with Crippen LogP contribution in [0, 0.1) is 0 Å². The SMILES string of the molecule is CCOc1ccc2nc(NC(=O)c3cccc(S(=O)(=O)N4CCc5ccccc54)c3)sc2c1. The van der Waals surface area contributed by atoms with Crippen LogP contribution in [0.1, 0.15) is 22.8 Å². The zero-order chi connectivity index (χ0) is 23.0. The van der Waals surface area contributed by atoms with Crippen molar-refractivity contribution in [1.82, 2.24) is 4.98 Å². The Morgan fingerprint density at radius 2 is 1.97 bits per heavy atom. The fraction of sp³-hybridized carbons (Fsp3) is 0.167. The number of rotatable bonds is 6. The highest BCUT2D eigenvalue weighted by Crippen LogP contribution is 2.33. The molecular formula is C24H21N3O4S2. The second-order valence-corrected chi connectivity index (χ2v) is 10.4. The number of sulfonamides is 1. The van der Waals surface area contributed by atoms with E-state index in [-0.39, 0.29) is 10.5 Å². The number of thiazole rings is 1. The van der Waals surface area contributed by atoms with E-state index in [9.17, 15) is 13.2 Å². The molecule has 9 heteroatoms. The van der Waals surface area contributed by atoms with Crippen LogP contribution in [0.3, 0.4) is 0 Å². The van der Waals surface area contributed by atoms with E-state index in [1.165, 1.54) is 27.8 Å². The number of hydrogen-bond donors (Lipinski definition) is 1. The third kappa shape index (κ3) is 4.05. The lowest BCUT2D eigenvalue weighted by Gasteiger charge is -2.19. The van der Waals surface area contributed by atoms with E-state index in [1.807, 2.05) is 43.3 Å². The monoisotopic (exact) mass is 479 g/mol. The van der Waals surface area contributed by atoms with Crippen LogP contribution in [-0.4, -0.2) is 32.5 Å². The zero-order valence-electron chi connectivity index (χ0n) is 17.8. The molecule has 0 saturated heterocycles.